The number of carbonyl (C=O) groups is 1. The van der Waals surface area contributed by atoms with E-state index in [4.69, 9.17) is 10.5 Å². The van der Waals surface area contributed by atoms with Crippen LogP contribution < -0.4 is 21.1 Å². The van der Waals surface area contributed by atoms with Crippen molar-refractivity contribution in [2.75, 3.05) is 31.2 Å². The van der Waals surface area contributed by atoms with Gasteiger partial charge in [0.15, 0.2) is 0 Å². The van der Waals surface area contributed by atoms with Gasteiger partial charge in [0.2, 0.25) is 5.91 Å². The zero-order valence-electron chi connectivity index (χ0n) is 11.1. The van der Waals surface area contributed by atoms with Crippen LogP contribution in [-0.4, -0.2) is 26.1 Å². The van der Waals surface area contributed by atoms with E-state index < -0.39 is 0 Å². The SMILES string of the molecule is COc1cc(N)cc(NCC(=O)NCC(C)C)c1. The van der Waals surface area contributed by atoms with Gasteiger partial charge < -0.3 is 21.1 Å². The molecule has 100 valence electrons. The number of benzene rings is 1. The number of hydrogen-bond donors (Lipinski definition) is 3. The van der Waals surface area contributed by atoms with Crippen LogP contribution in [0.4, 0.5) is 11.4 Å². The lowest BCUT2D eigenvalue weighted by Gasteiger charge is -2.11. The van der Waals surface area contributed by atoms with Crippen molar-refractivity contribution < 1.29 is 9.53 Å². The van der Waals surface area contributed by atoms with Gasteiger partial charge in [-0.25, -0.2) is 0 Å². The molecule has 18 heavy (non-hydrogen) atoms. The highest BCUT2D eigenvalue weighted by Crippen LogP contribution is 2.21. The molecule has 0 unspecified atom stereocenters. The maximum absolute atomic E-state index is 11.5. The molecule has 0 spiro atoms. The highest BCUT2D eigenvalue weighted by molar-refractivity contribution is 5.81. The second-order valence-electron chi connectivity index (χ2n) is 4.55. The molecule has 1 aromatic carbocycles. The van der Waals surface area contributed by atoms with Crippen molar-refractivity contribution >= 4 is 17.3 Å². The van der Waals surface area contributed by atoms with Crippen molar-refractivity contribution in [3.05, 3.63) is 18.2 Å². The summed E-state index contributed by atoms with van der Waals surface area (Å²) in [7, 11) is 1.58. The summed E-state index contributed by atoms with van der Waals surface area (Å²) in [6.45, 7) is 5.01. The Balaban J connectivity index is 2.47. The smallest absolute Gasteiger partial charge is 0.239 e. The molecule has 0 heterocycles. The summed E-state index contributed by atoms with van der Waals surface area (Å²) in [5, 5.41) is 5.84. The molecule has 5 heteroatoms. The summed E-state index contributed by atoms with van der Waals surface area (Å²) in [5.41, 5.74) is 7.09. The largest absolute Gasteiger partial charge is 0.497 e. The molecule has 0 saturated carbocycles. The minimum absolute atomic E-state index is 0.0370. The molecule has 4 N–H and O–H groups in total. The van der Waals surface area contributed by atoms with Gasteiger partial charge in [0.05, 0.1) is 13.7 Å². The molecule has 0 aromatic heterocycles. The molecule has 0 aliphatic carbocycles. The quantitative estimate of drug-likeness (QED) is 0.669. The van der Waals surface area contributed by atoms with Crippen molar-refractivity contribution in [2.45, 2.75) is 13.8 Å². The first-order valence-electron chi connectivity index (χ1n) is 5.96. The highest BCUT2D eigenvalue weighted by Gasteiger charge is 2.03. The summed E-state index contributed by atoms with van der Waals surface area (Å²) in [6, 6.07) is 5.29. The van der Waals surface area contributed by atoms with Crippen molar-refractivity contribution in [1.29, 1.82) is 0 Å². The van der Waals surface area contributed by atoms with Crippen LogP contribution in [0.3, 0.4) is 0 Å². The number of hydrogen-bond acceptors (Lipinski definition) is 4. The predicted octanol–water partition coefficient (Wildman–Crippen LogP) is 1.46. The van der Waals surface area contributed by atoms with Crippen molar-refractivity contribution in [2.24, 2.45) is 5.92 Å². The summed E-state index contributed by atoms with van der Waals surface area (Å²) in [5.74, 6) is 1.08. The van der Waals surface area contributed by atoms with E-state index >= 15 is 0 Å². The third-order valence-corrected chi connectivity index (χ3v) is 2.33. The Bertz CT molecular complexity index is 405. The van der Waals surface area contributed by atoms with Gasteiger partial charge in [-0.15, -0.1) is 0 Å². The number of methoxy groups -OCH3 is 1. The maximum atomic E-state index is 11.5. The van der Waals surface area contributed by atoms with Crippen LogP contribution >= 0.6 is 0 Å². The number of nitrogens with two attached hydrogens (primary N) is 1. The number of rotatable bonds is 6. The van der Waals surface area contributed by atoms with Crippen LogP contribution in [0.2, 0.25) is 0 Å². The highest BCUT2D eigenvalue weighted by atomic mass is 16.5. The van der Waals surface area contributed by atoms with Crippen molar-refractivity contribution in [3.8, 4) is 5.75 Å². The summed E-state index contributed by atoms with van der Waals surface area (Å²) in [4.78, 5) is 11.5. The van der Waals surface area contributed by atoms with Gasteiger partial charge in [-0.3, -0.25) is 4.79 Å². The first-order chi connectivity index (χ1) is 8.51. The van der Waals surface area contributed by atoms with Gasteiger partial charge in [-0.1, -0.05) is 13.8 Å². The number of anilines is 2. The van der Waals surface area contributed by atoms with Gasteiger partial charge in [0.1, 0.15) is 5.75 Å². The number of amides is 1. The molecular formula is C13H21N3O2. The molecule has 0 fully saturated rings. The van der Waals surface area contributed by atoms with Crippen LogP contribution in [0.15, 0.2) is 18.2 Å². The molecule has 0 saturated heterocycles. The van der Waals surface area contributed by atoms with Crippen molar-refractivity contribution in [3.63, 3.8) is 0 Å². The normalized spacial score (nSPS) is 10.2. The van der Waals surface area contributed by atoms with Crippen molar-refractivity contribution in [1.82, 2.24) is 5.32 Å². The zero-order valence-corrected chi connectivity index (χ0v) is 11.1. The van der Waals surface area contributed by atoms with Gasteiger partial charge in [-0.05, 0) is 12.0 Å². The number of nitrogens with one attached hydrogen (secondary N) is 2. The van der Waals surface area contributed by atoms with E-state index in [1.807, 2.05) is 0 Å². The van der Waals surface area contributed by atoms with Gasteiger partial charge in [-0.2, -0.15) is 0 Å². The lowest BCUT2D eigenvalue weighted by molar-refractivity contribution is -0.119. The van der Waals surface area contributed by atoms with E-state index in [2.05, 4.69) is 24.5 Å². The van der Waals surface area contributed by atoms with E-state index in [1.165, 1.54) is 0 Å². The second-order valence-corrected chi connectivity index (χ2v) is 4.55. The third kappa shape index (κ3) is 4.95. The average Bonchev–Trinajstić information content (AvgIpc) is 2.33. The standard InChI is InChI=1S/C13H21N3O2/c1-9(2)7-16-13(17)8-15-11-4-10(14)5-12(6-11)18-3/h4-6,9,15H,7-8,14H2,1-3H3,(H,16,17). The Morgan fingerprint density at radius 3 is 2.72 bits per heavy atom. The molecule has 1 rings (SSSR count). The Kier molecular flexibility index (Phi) is 5.30. The van der Waals surface area contributed by atoms with Crippen LogP contribution in [0, 0.1) is 5.92 Å². The zero-order chi connectivity index (χ0) is 13.5. The number of ether oxygens (including phenoxy) is 1. The number of nitrogen functional groups attached to an aromatic ring is 1. The van der Waals surface area contributed by atoms with E-state index in [0.29, 0.717) is 23.9 Å². The molecule has 0 bridgehead atoms. The van der Waals surface area contributed by atoms with Gasteiger partial charge in [0.25, 0.3) is 0 Å². The summed E-state index contributed by atoms with van der Waals surface area (Å²) < 4.78 is 5.10. The van der Waals surface area contributed by atoms with E-state index in [1.54, 1.807) is 25.3 Å². The molecule has 5 nitrogen and oxygen atoms in total. The molecule has 1 amide bonds. The van der Waals surface area contributed by atoms with Crippen LogP contribution in [0.5, 0.6) is 5.75 Å². The molecule has 0 aliphatic heterocycles. The first kappa shape index (κ1) is 14.2. The van der Waals surface area contributed by atoms with Gasteiger partial charge in [0, 0.05) is 30.1 Å². The van der Waals surface area contributed by atoms with Crippen LogP contribution in [0.25, 0.3) is 0 Å². The maximum Gasteiger partial charge on any atom is 0.239 e. The predicted molar refractivity (Wildman–Crippen MR) is 73.7 cm³/mol. The van der Waals surface area contributed by atoms with E-state index in [-0.39, 0.29) is 12.5 Å². The Labute approximate surface area is 108 Å². The van der Waals surface area contributed by atoms with E-state index in [9.17, 15) is 4.79 Å². The Hall–Kier alpha value is -1.91. The topological polar surface area (TPSA) is 76.4 Å². The monoisotopic (exact) mass is 251 g/mol. The first-order valence-corrected chi connectivity index (χ1v) is 5.96. The fourth-order valence-corrected chi connectivity index (χ4v) is 1.40. The van der Waals surface area contributed by atoms with E-state index in [0.717, 1.165) is 5.69 Å². The van der Waals surface area contributed by atoms with Crippen LogP contribution in [0.1, 0.15) is 13.8 Å². The fraction of sp³-hybridized carbons (Fsp3) is 0.462. The Morgan fingerprint density at radius 1 is 1.39 bits per heavy atom. The van der Waals surface area contributed by atoms with Gasteiger partial charge >= 0.3 is 0 Å². The Morgan fingerprint density at radius 2 is 2.11 bits per heavy atom. The second kappa shape index (κ2) is 6.74. The summed E-state index contributed by atoms with van der Waals surface area (Å²) in [6.07, 6.45) is 0. The molecule has 0 atom stereocenters. The summed E-state index contributed by atoms with van der Waals surface area (Å²) >= 11 is 0. The average molecular weight is 251 g/mol. The fourth-order valence-electron chi connectivity index (χ4n) is 1.40. The lowest BCUT2D eigenvalue weighted by atomic mass is 10.2. The molecule has 0 aliphatic rings. The molecule has 1 aromatic rings. The molecule has 0 radical (unpaired) electrons. The van der Waals surface area contributed by atoms with Crippen LogP contribution in [-0.2, 0) is 4.79 Å². The lowest BCUT2D eigenvalue weighted by Crippen LogP contribution is -2.32. The third-order valence-electron chi connectivity index (χ3n) is 2.33. The minimum atomic E-state index is -0.0370. The molecular weight excluding hydrogens is 230 g/mol. The minimum Gasteiger partial charge on any atom is -0.497 e. The number of carbonyl (C=O) groups excluding carboxylic acids is 1.